The zero-order valence-corrected chi connectivity index (χ0v) is 15.3. The van der Waals surface area contributed by atoms with Gasteiger partial charge in [0.1, 0.15) is 5.75 Å². The van der Waals surface area contributed by atoms with E-state index in [0.29, 0.717) is 12.6 Å². The van der Waals surface area contributed by atoms with Crippen LogP contribution in [0, 0.1) is 0 Å². The third-order valence-electron chi connectivity index (χ3n) is 4.11. The van der Waals surface area contributed by atoms with Gasteiger partial charge in [0, 0.05) is 18.6 Å². The van der Waals surface area contributed by atoms with E-state index in [9.17, 15) is 0 Å². The van der Waals surface area contributed by atoms with Crippen molar-refractivity contribution in [1.82, 2.24) is 4.90 Å². The molecule has 0 aliphatic rings. The summed E-state index contributed by atoms with van der Waals surface area (Å²) in [5.74, 6) is 0.859. The van der Waals surface area contributed by atoms with E-state index < -0.39 is 0 Å². The number of nitrogens with two attached hydrogens (primary N) is 1. The monoisotopic (exact) mass is 356 g/mol. The molecule has 0 bridgehead atoms. The molecule has 2 N–H and O–H groups in total. The lowest BCUT2D eigenvalue weighted by molar-refractivity contribution is 0.141. The van der Waals surface area contributed by atoms with E-state index >= 15 is 0 Å². The van der Waals surface area contributed by atoms with Gasteiger partial charge >= 0.3 is 0 Å². The van der Waals surface area contributed by atoms with Crippen molar-refractivity contribution in [2.75, 3.05) is 20.2 Å². The van der Waals surface area contributed by atoms with Crippen LogP contribution in [0.25, 0.3) is 0 Å². The Kier molecular flexibility index (Phi) is 8.30. The Morgan fingerprint density at radius 1 is 1.33 bits per heavy atom. The van der Waals surface area contributed by atoms with E-state index in [-0.39, 0.29) is 6.04 Å². The molecule has 0 aliphatic carbocycles. The third-order valence-corrected chi connectivity index (χ3v) is 4.73. The summed E-state index contributed by atoms with van der Waals surface area (Å²) in [7, 11) is 1.69. The third kappa shape index (κ3) is 4.97. The maximum atomic E-state index is 6.10. The quantitative estimate of drug-likeness (QED) is 0.714. The Morgan fingerprint density at radius 2 is 2.05 bits per heavy atom. The van der Waals surface area contributed by atoms with Gasteiger partial charge in [0.15, 0.2) is 0 Å². The molecule has 0 saturated heterocycles. The van der Waals surface area contributed by atoms with Gasteiger partial charge in [0.25, 0.3) is 0 Å². The lowest BCUT2D eigenvalue weighted by atomic mass is 10.0. The van der Waals surface area contributed by atoms with Crippen LogP contribution in [-0.2, 0) is 0 Å². The highest BCUT2D eigenvalue weighted by molar-refractivity contribution is 9.10. The molecule has 0 spiro atoms. The largest absolute Gasteiger partial charge is 0.496 e. The van der Waals surface area contributed by atoms with Crippen LogP contribution in [0.2, 0.25) is 0 Å². The first-order valence-electron chi connectivity index (χ1n) is 7.88. The average molecular weight is 357 g/mol. The first-order chi connectivity index (χ1) is 10.1. The molecule has 0 aliphatic heterocycles. The molecule has 0 fully saturated rings. The fraction of sp³-hybridized carbons (Fsp3) is 0.647. The van der Waals surface area contributed by atoms with Crippen LogP contribution < -0.4 is 10.5 Å². The highest BCUT2D eigenvalue weighted by Crippen LogP contribution is 2.31. The second kappa shape index (κ2) is 9.44. The van der Waals surface area contributed by atoms with Gasteiger partial charge in [-0.25, -0.2) is 0 Å². The number of nitrogens with zero attached hydrogens (tertiary/aromatic N) is 1. The number of unbranched alkanes of at least 4 members (excludes halogenated alkanes) is 1. The Morgan fingerprint density at radius 3 is 2.52 bits per heavy atom. The standard InChI is InChI=1S/C17H29BrN2O/c1-5-7-10-20(13(3)6-2)16(12-19)14-8-9-17(21-4)15(18)11-14/h8-9,11,13,16H,5-7,10,12,19H2,1-4H3. The van der Waals surface area contributed by atoms with Crippen LogP contribution in [0.15, 0.2) is 22.7 Å². The second-order valence-corrected chi connectivity index (χ2v) is 6.35. The molecule has 3 nitrogen and oxygen atoms in total. The molecule has 2 atom stereocenters. The van der Waals surface area contributed by atoms with Gasteiger partial charge in [-0.1, -0.05) is 26.3 Å². The summed E-state index contributed by atoms with van der Waals surface area (Å²) in [4.78, 5) is 2.54. The summed E-state index contributed by atoms with van der Waals surface area (Å²) in [6.45, 7) is 8.48. The van der Waals surface area contributed by atoms with Crippen LogP contribution >= 0.6 is 15.9 Å². The summed E-state index contributed by atoms with van der Waals surface area (Å²) >= 11 is 3.58. The predicted octanol–water partition coefficient (Wildman–Crippen LogP) is 4.36. The molecule has 0 radical (unpaired) electrons. The number of rotatable bonds is 9. The van der Waals surface area contributed by atoms with E-state index in [1.54, 1.807) is 7.11 Å². The fourth-order valence-corrected chi connectivity index (χ4v) is 3.17. The van der Waals surface area contributed by atoms with Crippen molar-refractivity contribution in [3.05, 3.63) is 28.2 Å². The number of halogens is 1. The maximum Gasteiger partial charge on any atom is 0.133 e. The molecule has 0 heterocycles. The predicted molar refractivity (Wildman–Crippen MR) is 93.9 cm³/mol. The van der Waals surface area contributed by atoms with Crippen molar-refractivity contribution in [1.29, 1.82) is 0 Å². The van der Waals surface area contributed by atoms with Gasteiger partial charge in [-0.2, -0.15) is 0 Å². The molecule has 120 valence electrons. The second-order valence-electron chi connectivity index (χ2n) is 5.49. The minimum atomic E-state index is 0.258. The van der Waals surface area contributed by atoms with Gasteiger partial charge < -0.3 is 10.5 Å². The van der Waals surface area contributed by atoms with Crippen molar-refractivity contribution < 1.29 is 4.74 Å². The fourth-order valence-electron chi connectivity index (χ4n) is 2.61. The van der Waals surface area contributed by atoms with E-state index in [2.05, 4.69) is 53.7 Å². The molecule has 0 saturated carbocycles. The molecule has 2 unspecified atom stereocenters. The molecule has 0 aromatic heterocycles. The van der Waals surface area contributed by atoms with Crippen molar-refractivity contribution >= 4 is 15.9 Å². The van der Waals surface area contributed by atoms with E-state index in [1.165, 1.54) is 18.4 Å². The Hall–Kier alpha value is -0.580. The minimum Gasteiger partial charge on any atom is -0.496 e. The topological polar surface area (TPSA) is 38.5 Å². The van der Waals surface area contributed by atoms with Gasteiger partial charge in [-0.15, -0.1) is 0 Å². The highest BCUT2D eigenvalue weighted by Gasteiger charge is 2.23. The van der Waals surface area contributed by atoms with Crippen LogP contribution in [0.3, 0.4) is 0 Å². The first-order valence-corrected chi connectivity index (χ1v) is 8.67. The summed E-state index contributed by atoms with van der Waals surface area (Å²) in [5.41, 5.74) is 7.35. The minimum absolute atomic E-state index is 0.258. The molecule has 1 aromatic rings. The molecule has 21 heavy (non-hydrogen) atoms. The number of hydrogen-bond acceptors (Lipinski definition) is 3. The lowest BCUT2D eigenvalue weighted by Crippen LogP contribution is -2.40. The number of methoxy groups -OCH3 is 1. The van der Waals surface area contributed by atoms with Crippen molar-refractivity contribution in [2.24, 2.45) is 5.73 Å². The van der Waals surface area contributed by atoms with E-state index in [0.717, 1.165) is 23.2 Å². The van der Waals surface area contributed by atoms with Gasteiger partial charge in [-0.3, -0.25) is 4.90 Å². The molecular weight excluding hydrogens is 328 g/mol. The summed E-state index contributed by atoms with van der Waals surface area (Å²) in [6.07, 6.45) is 3.55. The Bertz CT molecular complexity index is 425. The smallest absolute Gasteiger partial charge is 0.133 e. The van der Waals surface area contributed by atoms with Crippen LogP contribution in [-0.4, -0.2) is 31.1 Å². The lowest BCUT2D eigenvalue weighted by Gasteiger charge is -2.36. The van der Waals surface area contributed by atoms with Gasteiger partial charge in [-0.05, 0) is 59.9 Å². The van der Waals surface area contributed by atoms with E-state index in [1.807, 2.05) is 6.07 Å². The van der Waals surface area contributed by atoms with Crippen LogP contribution in [0.4, 0.5) is 0 Å². The number of hydrogen-bond donors (Lipinski definition) is 1. The Balaban J connectivity index is 3.03. The van der Waals surface area contributed by atoms with Crippen LogP contribution in [0.5, 0.6) is 5.75 Å². The van der Waals surface area contributed by atoms with Crippen molar-refractivity contribution in [3.8, 4) is 5.75 Å². The normalized spacial score (nSPS) is 14.2. The summed E-state index contributed by atoms with van der Waals surface area (Å²) in [5, 5.41) is 0. The maximum absolute atomic E-state index is 6.10. The SMILES string of the molecule is CCCCN(C(C)CC)C(CN)c1ccc(OC)c(Br)c1. The molecule has 0 amide bonds. The summed E-state index contributed by atoms with van der Waals surface area (Å²) < 4.78 is 6.30. The summed E-state index contributed by atoms with van der Waals surface area (Å²) in [6, 6.07) is 7.07. The zero-order valence-electron chi connectivity index (χ0n) is 13.7. The number of benzene rings is 1. The zero-order chi connectivity index (χ0) is 15.8. The average Bonchev–Trinajstić information content (AvgIpc) is 2.50. The molecular formula is C17H29BrN2O. The number of ether oxygens (including phenoxy) is 1. The first kappa shape index (κ1) is 18.5. The van der Waals surface area contributed by atoms with Crippen molar-refractivity contribution in [3.63, 3.8) is 0 Å². The van der Waals surface area contributed by atoms with Crippen LogP contribution in [0.1, 0.15) is 51.6 Å². The molecule has 1 rings (SSSR count). The van der Waals surface area contributed by atoms with Gasteiger partial charge in [0.2, 0.25) is 0 Å². The van der Waals surface area contributed by atoms with Crippen molar-refractivity contribution in [2.45, 2.75) is 52.1 Å². The molecule has 4 heteroatoms. The highest BCUT2D eigenvalue weighted by atomic mass is 79.9. The van der Waals surface area contributed by atoms with Gasteiger partial charge in [0.05, 0.1) is 11.6 Å². The van der Waals surface area contributed by atoms with E-state index in [4.69, 9.17) is 10.5 Å². The Labute approximate surface area is 138 Å². The molecule has 1 aromatic carbocycles.